The molecule has 3 rings (SSSR count). The van der Waals surface area contributed by atoms with Gasteiger partial charge in [0.05, 0.1) is 11.8 Å². The molecular formula is C15H22N4. The zero-order valence-corrected chi connectivity index (χ0v) is 11.9. The number of pyridine rings is 1. The zero-order valence-electron chi connectivity index (χ0n) is 11.9. The van der Waals surface area contributed by atoms with Crippen LogP contribution in [0.4, 0.5) is 5.82 Å². The van der Waals surface area contributed by atoms with Crippen LogP contribution in [-0.2, 0) is 7.05 Å². The van der Waals surface area contributed by atoms with Crippen LogP contribution in [0.5, 0.6) is 0 Å². The molecule has 0 saturated heterocycles. The molecular weight excluding hydrogens is 236 g/mol. The molecule has 4 heteroatoms. The minimum absolute atomic E-state index is 0.534. The van der Waals surface area contributed by atoms with Gasteiger partial charge in [0, 0.05) is 19.3 Å². The van der Waals surface area contributed by atoms with Gasteiger partial charge in [-0.1, -0.05) is 13.8 Å². The molecule has 19 heavy (non-hydrogen) atoms. The van der Waals surface area contributed by atoms with E-state index in [4.69, 9.17) is 0 Å². The van der Waals surface area contributed by atoms with Gasteiger partial charge in [-0.3, -0.25) is 0 Å². The van der Waals surface area contributed by atoms with Gasteiger partial charge in [-0.05, 0) is 37.2 Å². The van der Waals surface area contributed by atoms with Crippen LogP contribution in [0, 0.1) is 11.8 Å². The molecule has 1 saturated carbocycles. The molecule has 0 spiro atoms. The van der Waals surface area contributed by atoms with Gasteiger partial charge in [0.15, 0.2) is 5.82 Å². The van der Waals surface area contributed by atoms with E-state index in [1.807, 2.05) is 30.2 Å². The summed E-state index contributed by atoms with van der Waals surface area (Å²) in [6.45, 7) is 4.71. The molecule has 0 aliphatic heterocycles. The third-order valence-electron chi connectivity index (χ3n) is 4.58. The molecule has 1 fully saturated rings. The number of anilines is 1. The number of rotatable bonds is 2. The number of imidazole rings is 1. The second-order valence-corrected chi connectivity index (χ2v) is 5.99. The quantitative estimate of drug-likeness (QED) is 0.899. The number of nitrogens with one attached hydrogen (secondary N) is 1. The lowest BCUT2D eigenvalue weighted by Gasteiger charge is -2.32. The summed E-state index contributed by atoms with van der Waals surface area (Å²) in [7, 11) is 2.02. The van der Waals surface area contributed by atoms with Crippen molar-refractivity contribution in [3.63, 3.8) is 0 Å². The Kier molecular flexibility index (Phi) is 3.17. The molecule has 2 heterocycles. The molecule has 3 unspecified atom stereocenters. The van der Waals surface area contributed by atoms with E-state index in [-0.39, 0.29) is 0 Å². The zero-order chi connectivity index (χ0) is 13.4. The third kappa shape index (κ3) is 2.31. The first-order chi connectivity index (χ1) is 9.15. The van der Waals surface area contributed by atoms with Gasteiger partial charge >= 0.3 is 0 Å². The van der Waals surface area contributed by atoms with Crippen LogP contribution in [-0.4, -0.2) is 20.6 Å². The molecule has 0 amide bonds. The number of fused-ring (bicyclic) bond motifs is 1. The lowest BCUT2D eigenvalue weighted by molar-refractivity contribution is 0.260. The Morgan fingerprint density at radius 1 is 1.21 bits per heavy atom. The summed E-state index contributed by atoms with van der Waals surface area (Å²) in [6.07, 6.45) is 7.48. The Labute approximate surface area is 114 Å². The van der Waals surface area contributed by atoms with Crippen LogP contribution in [0.3, 0.4) is 0 Å². The number of nitrogens with zero attached hydrogens (tertiary/aromatic N) is 3. The van der Waals surface area contributed by atoms with Crippen LogP contribution < -0.4 is 5.32 Å². The summed E-state index contributed by atoms with van der Waals surface area (Å²) in [5.74, 6) is 2.57. The summed E-state index contributed by atoms with van der Waals surface area (Å²) < 4.78 is 2.04. The highest BCUT2D eigenvalue weighted by atomic mass is 15.1. The summed E-state index contributed by atoms with van der Waals surface area (Å²) in [4.78, 5) is 8.93. The Morgan fingerprint density at radius 3 is 2.84 bits per heavy atom. The van der Waals surface area contributed by atoms with Crippen molar-refractivity contribution in [3.05, 3.63) is 18.6 Å². The van der Waals surface area contributed by atoms with Crippen molar-refractivity contribution in [2.24, 2.45) is 18.9 Å². The van der Waals surface area contributed by atoms with Crippen LogP contribution in [0.15, 0.2) is 18.6 Å². The second kappa shape index (κ2) is 4.83. The number of hydrogen-bond acceptors (Lipinski definition) is 3. The summed E-state index contributed by atoms with van der Waals surface area (Å²) in [6, 6.07) is 2.55. The highest BCUT2D eigenvalue weighted by Gasteiger charge is 2.25. The van der Waals surface area contributed by atoms with Gasteiger partial charge in [-0.2, -0.15) is 0 Å². The van der Waals surface area contributed by atoms with Gasteiger partial charge in [0.1, 0.15) is 5.52 Å². The smallest absolute Gasteiger partial charge is 0.154 e. The average molecular weight is 258 g/mol. The second-order valence-electron chi connectivity index (χ2n) is 5.99. The maximum absolute atomic E-state index is 4.47. The molecule has 0 radical (unpaired) electrons. The number of aromatic nitrogens is 3. The van der Waals surface area contributed by atoms with Crippen LogP contribution in [0.25, 0.3) is 11.0 Å². The van der Waals surface area contributed by atoms with Crippen LogP contribution in [0.2, 0.25) is 0 Å². The van der Waals surface area contributed by atoms with E-state index in [0.29, 0.717) is 6.04 Å². The molecule has 0 aromatic carbocycles. The SMILES string of the molecule is CC1CCC(Nc2nccc3c2ncn3C)CC1C. The summed E-state index contributed by atoms with van der Waals surface area (Å²) >= 11 is 0. The lowest BCUT2D eigenvalue weighted by atomic mass is 9.79. The maximum atomic E-state index is 4.47. The molecule has 0 bridgehead atoms. The Bertz CT molecular complexity index is 575. The fourth-order valence-electron chi connectivity index (χ4n) is 3.04. The predicted molar refractivity (Wildman–Crippen MR) is 78.1 cm³/mol. The van der Waals surface area contributed by atoms with Gasteiger partial charge in [0.2, 0.25) is 0 Å². The molecule has 1 aliphatic carbocycles. The van der Waals surface area contributed by atoms with Crippen molar-refractivity contribution in [1.82, 2.24) is 14.5 Å². The Morgan fingerprint density at radius 2 is 2.05 bits per heavy atom. The van der Waals surface area contributed by atoms with Crippen molar-refractivity contribution in [1.29, 1.82) is 0 Å². The first-order valence-corrected chi connectivity index (χ1v) is 7.17. The highest BCUT2D eigenvalue weighted by molar-refractivity contribution is 5.85. The fourth-order valence-corrected chi connectivity index (χ4v) is 3.04. The normalized spacial score (nSPS) is 27.6. The average Bonchev–Trinajstić information content (AvgIpc) is 2.77. The standard InChI is InChI=1S/C15H22N4/c1-10-4-5-12(8-11(10)2)18-15-14-13(6-7-16-15)19(3)9-17-14/h6-7,9-12H,4-5,8H2,1-3H3,(H,16,18). The molecule has 4 nitrogen and oxygen atoms in total. The van der Waals surface area contributed by atoms with Crippen molar-refractivity contribution in [3.8, 4) is 0 Å². The van der Waals surface area contributed by atoms with Gasteiger partial charge in [0.25, 0.3) is 0 Å². The summed E-state index contributed by atoms with van der Waals surface area (Å²) in [5, 5.41) is 3.60. The van der Waals surface area contributed by atoms with Crippen molar-refractivity contribution < 1.29 is 0 Å². The minimum Gasteiger partial charge on any atom is -0.365 e. The van der Waals surface area contributed by atoms with Crippen molar-refractivity contribution in [2.45, 2.75) is 39.2 Å². The predicted octanol–water partition coefficient (Wildman–Crippen LogP) is 3.20. The molecule has 102 valence electrons. The van der Waals surface area contributed by atoms with Crippen molar-refractivity contribution >= 4 is 16.9 Å². The van der Waals surface area contributed by atoms with E-state index in [0.717, 1.165) is 28.7 Å². The van der Waals surface area contributed by atoms with E-state index in [2.05, 4.69) is 29.1 Å². The number of hydrogen-bond donors (Lipinski definition) is 1. The Balaban J connectivity index is 1.82. The topological polar surface area (TPSA) is 42.7 Å². The van der Waals surface area contributed by atoms with E-state index >= 15 is 0 Å². The van der Waals surface area contributed by atoms with E-state index < -0.39 is 0 Å². The highest BCUT2D eigenvalue weighted by Crippen LogP contribution is 2.31. The van der Waals surface area contributed by atoms with E-state index in [1.54, 1.807) is 0 Å². The molecule has 2 aromatic heterocycles. The Hall–Kier alpha value is -1.58. The summed E-state index contributed by atoms with van der Waals surface area (Å²) in [5.41, 5.74) is 2.12. The monoisotopic (exact) mass is 258 g/mol. The number of aryl methyl sites for hydroxylation is 1. The van der Waals surface area contributed by atoms with Crippen LogP contribution >= 0.6 is 0 Å². The maximum Gasteiger partial charge on any atom is 0.154 e. The largest absolute Gasteiger partial charge is 0.365 e. The van der Waals surface area contributed by atoms with Gasteiger partial charge in [-0.15, -0.1) is 0 Å². The molecule has 3 atom stereocenters. The van der Waals surface area contributed by atoms with Crippen molar-refractivity contribution in [2.75, 3.05) is 5.32 Å². The fraction of sp³-hybridized carbons (Fsp3) is 0.600. The molecule has 2 aromatic rings. The first-order valence-electron chi connectivity index (χ1n) is 7.17. The lowest BCUT2D eigenvalue weighted by Crippen LogP contribution is -2.30. The van der Waals surface area contributed by atoms with Gasteiger partial charge < -0.3 is 9.88 Å². The minimum atomic E-state index is 0.534. The van der Waals surface area contributed by atoms with Crippen LogP contribution in [0.1, 0.15) is 33.1 Å². The van der Waals surface area contributed by atoms with E-state index in [9.17, 15) is 0 Å². The molecule has 1 aliphatic rings. The van der Waals surface area contributed by atoms with Gasteiger partial charge in [-0.25, -0.2) is 9.97 Å². The van der Waals surface area contributed by atoms with E-state index in [1.165, 1.54) is 19.3 Å². The third-order valence-corrected chi connectivity index (χ3v) is 4.58. The first kappa shape index (κ1) is 12.5. The molecule has 1 N–H and O–H groups in total.